The Morgan fingerprint density at radius 3 is 2.52 bits per heavy atom. The Hall–Kier alpha value is -1.89. The van der Waals surface area contributed by atoms with Gasteiger partial charge in [-0.15, -0.1) is 0 Å². The number of anilines is 1. The molecule has 1 amide bonds. The molecule has 0 saturated carbocycles. The van der Waals surface area contributed by atoms with Crippen LogP contribution in [0.1, 0.15) is 32.8 Å². The smallest absolute Gasteiger partial charge is 0.412 e. The lowest BCUT2D eigenvalue weighted by molar-refractivity contribution is -0.0107. The number of halogens is 2. The topological polar surface area (TPSA) is 84.6 Å². The van der Waals surface area contributed by atoms with E-state index in [4.69, 9.17) is 10.5 Å². The molecule has 4 N–H and O–H groups in total. The van der Waals surface area contributed by atoms with Gasteiger partial charge in [0.05, 0.1) is 5.69 Å². The van der Waals surface area contributed by atoms with E-state index in [0.29, 0.717) is 0 Å². The van der Waals surface area contributed by atoms with Crippen molar-refractivity contribution in [3.05, 3.63) is 23.8 Å². The first-order chi connectivity index (χ1) is 9.55. The number of nitrogens with two attached hydrogens (primary N) is 1. The maximum Gasteiger partial charge on any atom is 0.412 e. The van der Waals surface area contributed by atoms with Crippen molar-refractivity contribution in [1.29, 1.82) is 0 Å². The molecule has 1 aromatic rings. The first kappa shape index (κ1) is 17.2. The second-order valence-corrected chi connectivity index (χ2v) is 5.60. The highest BCUT2D eigenvalue weighted by Gasteiger charge is 2.31. The highest BCUT2D eigenvalue weighted by molar-refractivity contribution is 5.87. The van der Waals surface area contributed by atoms with Crippen molar-refractivity contribution in [2.75, 3.05) is 11.9 Å². The van der Waals surface area contributed by atoms with Crippen LogP contribution < -0.4 is 11.1 Å². The number of rotatable bonds is 4. The lowest BCUT2D eigenvalue weighted by Crippen LogP contribution is -2.27. The van der Waals surface area contributed by atoms with Crippen molar-refractivity contribution in [2.24, 2.45) is 5.73 Å². The second kappa shape index (κ2) is 6.26. The summed E-state index contributed by atoms with van der Waals surface area (Å²) in [6, 6.07) is 3.19. The van der Waals surface area contributed by atoms with Gasteiger partial charge in [-0.3, -0.25) is 5.32 Å². The predicted octanol–water partition coefficient (Wildman–Crippen LogP) is 3.18. The average molecular weight is 302 g/mol. The molecule has 118 valence electrons. The third kappa shape index (κ3) is 5.18. The van der Waals surface area contributed by atoms with Crippen molar-refractivity contribution in [3.8, 4) is 5.75 Å². The van der Waals surface area contributed by atoms with Gasteiger partial charge in [0.1, 0.15) is 11.4 Å². The lowest BCUT2D eigenvalue weighted by atomic mass is 10.0. The molecule has 0 bridgehead atoms. The number of phenols is 1. The van der Waals surface area contributed by atoms with Gasteiger partial charge in [-0.05, 0) is 45.5 Å². The standard InChI is InChI=1S/C14H20F2N2O3/c1-13(2,3)21-12(20)18-10-8-9(4-5-11(10)19)14(15,16)6-7-17/h4-5,8,19H,6-7,17H2,1-3H3,(H,18,20). The molecular weight excluding hydrogens is 282 g/mol. The minimum Gasteiger partial charge on any atom is -0.506 e. The lowest BCUT2D eigenvalue weighted by Gasteiger charge is -2.21. The molecule has 0 fully saturated rings. The average Bonchev–Trinajstić information content (AvgIpc) is 2.29. The Morgan fingerprint density at radius 1 is 1.38 bits per heavy atom. The van der Waals surface area contributed by atoms with Crippen LogP contribution in [0.3, 0.4) is 0 Å². The number of amides is 1. The molecule has 0 aliphatic rings. The number of alkyl halides is 2. The van der Waals surface area contributed by atoms with Gasteiger partial charge < -0.3 is 15.6 Å². The van der Waals surface area contributed by atoms with Gasteiger partial charge in [-0.25, -0.2) is 13.6 Å². The van der Waals surface area contributed by atoms with Gasteiger partial charge in [0.15, 0.2) is 0 Å². The third-order valence-electron chi connectivity index (χ3n) is 2.51. The third-order valence-corrected chi connectivity index (χ3v) is 2.51. The maximum absolute atomic E-state index is 13.8. The molecule has 21 heavy (non-hydrogen) atoms. The SMILES string of the molecule is CC(C)(C)OC(=O)Nc1cc(C(F)(F)CCN)ccc1O. The van der Waals surface area contributed by atoms with E-state index in [9.17, 15) is 18.7 Å². The molecule has 0 heterocycles. The van der Waals surface area contributed by atoms with Gasteiger partial charge in [0.25, 0.3) is 5.92 Å². The fraction of sp³-hybridized carbons (Fsp3) is 0.500. The van der Waals surface area contributed by atoms with Crippen LogP contribution >= 0.6 is 0 Å². The Morgan fingerprint density at radius 2 is 2.00 bits per heavy atom. The molecule has 0 saturated heterocycles. The maximum atomic E-state index is 13.8. The minimum absolute atomic E-state index is 0.140. The van der Waals surface area contributed by atoms with Crippen molar-refractivity contribution in [2.45, 2.75) is 38.7 Å². The van der Waals surface area contributed by atoms with Crippen LogP contribution in [0.2, 0.25) is 0 Å². The highest BCUT2D eigenvalue weighted by Crippen LogP contribution is 2.35. The van der Waals surface area contributed by atoms with E-state index >= 15 is 0 Å². The molecule has 0 aliphatic carbocycles. The van der Waals surface area contributed by atoms with Gasteiger partial charge in [0.2, 0.25) is 0 Å². The number of nitrogens with one attached hydrogen (secondary N) is 1. The molecule has 0 aliphatic heterocycles. The minimum atomic E-state index is -3.13. The summed E-state index contributed by atoms with van der Waals surface area (Å²) in [5.41, 5.74) is 3.94. The molecule has 7 heteroatoms. The first-order valence-corrected chi connectivity index (χ1v) is 6.46. The summed E-state index contributed by atoms with van der Waals surface area (Å²) in [6.45, 7) is 4.82. The van der Waals surface area contributed by atoms with Gasteiger partial charge in [-0.2, -0.15) is 0 Å². The van der Waals surface area contributed by atoms with E-state index < -0.39 is 24.0 Å². The van der Waals surface area contributed by atoms with Crippen LogP contribution in [0.25, 0.3) is 0 Å². The molecule has 1 rings (SSSR count). The van der Waals surface area contributed by atoms with Crippen molar-refractivity contribution in [1.82, 2.24) is 0 Å². The Labute approximate surface area is 122 Å². The van der Waals surface area contributed by atoms with Crippen LogP contribution in [0.15, 0.2) is 18.2 Å². The molecular formula is C14H20F2N2O3. The van der Waals surface area contributed by atoms with E-state index in [1.165, 1.54) is 0 Å². The number of benzene rings is 1. The van der Waals surface area contributed by atoms with Gasteiger partial charge in [-0.1, -0.05) is 0 Å². The van der Waals surface area contributed by atoms with E-state index in [1.807, 2.05) is 0 Å². The zero-order chi connectivity index (χ0) is 16.3. The second-order valence-electron chi connectivity index (χ2n) is 5.60. The van der Waals surface area contributed by atoms with Gasteiger partial charge >= 0.3 is 6.09 Å². The number of carbonyl (C=O) groups is 1. The molecule has 0 aromatic heterocycles. The molecule has 0 unspecified atom stereocenters. The zero-order valence-corrected chi connectivity index (χ0v) is 12.2. The van der Waals surface area contributed by atoms with Crippen molar-refractivity contribution >= 4 is 11.8 Å². The summed E-state index contributed by atoms with van der Waals surface area (Å²) in [5, 5.41) is 11.9. The molecule has 0 atom stereocenters. The zero-order valence-electron chi connectivity index (χ0n) is 12.2. The summed E-state index contributed by atoms with van der Waals surface area (Å²) in [4.78, 5) is 11.6. The van der Waals surface area contributed by atoms with Crippen LogP contribution in [0.5, 0.6) is 5.75 Å². The molecule has 0 spiro atoms. The van der Waals surface area contributed by atoms with Crippen LogP contribution in [-0.4, -0.2) is 23.3 Å². The van der Waals surface area contributed by atoms with E-state index in [0.717, 1.165) is 18.2 Å². The van der Waals surface area contributed by atoms with E-state index in [1.54, 1.807) is 20.8 Å². The summed E-state index contributed by atoms with van der Waals surface area (Å²) in [5.74, 6) is -3.46. The Bertz CT molecular complexity index is 513. The fourth-order valence-electron chi connectivity index (χ4n) is 1.60. The number of ether oxygens (including phenoxy) is 1. The highest BCUT2D eigenvalue weighted by atomic mass is 19.3. The normalized spacial score (nSPS) is 12.1. The number of phenolic OH excluding ortho intramolecular Hbond substituents is 1. The monoisotopic (exact) mass is 302 g/mol. The van der Waals surface area contributed by atoms with Gasteiger partial charge in [0, 0.05) is 12.0 Å². The number of hydrogen-bond acceptors (Lipinski definition) is 4. The molecule has 1 aromatic carbocycles. The fourth-order valence-corrected chi connectivity index (χ4v) is 1.60. The Kier molecular flexibility index (Phi) is 5.11. The predicted molar refractivity (Wildman–Crippen MR) is 75.5 cm³/mol. The quantitative estimate of drug-likeness (QED) is 0.746. The van der Waals surface area contributed by atoms with Crippen molar-refractivity contribution < 1.29 is 23.4 Å². The summed E-state index contributed by atoms with van der Waals surface area (Å²) in [6.07, 6.45) is -1.36. The number of hydrogen-bond donors (Lipinski definition) is 3. The van der Waals surface area contributed by atoms with E-state index in [-0.39, 0.29) is 23.5 Å². The first-order valence-electron chi connectivity index (χ1n) is 6.46. The van der Waals surface area contributed by atoms with E-state index in [2.05, 4.69) is 5.32 Å². The van der Waals surface area contributed by atoms with Crippen LogP contribution in [-0.2, 0) is 10.7 Å². The summed E-state index contributed by atoms with van der Waals surface area (Å²) < 4.78 is 32.5. The largest absolute Gasteiger partial charge is 0.506 e. The number of aromatic hydroxyl groups is 1. The van der Waals surface area contributed by atoms with Crippen LogP contribution in [0, 0.1) is 0 Å². The van der Waals surface area contributed by atoms with Crippen molar-refractivity contribution in [3.63, 3.8) is 0 Å². The molecule has 5 nitrogen and oxygen atoms in total. The summed E-state index contributed by atoms with van der Waals surface area (Å²) >= 11 is 0. The number of carbonyl (C=O) groups excluding carboxylic acids is 1. The Balaban J connectivity index is 2.95. The molecule has 0 radical (unpaired) electrons. The summed E-state index contributed by atoms with van der Waals surface area (Å²) in [7, 11) is 0. The van der Waals surface area contributed by atoms with Crippen LogP contribution in [0.4, 0.5) is 19.3 Å².